The summed E-state index contributed by atoms with van der Waals surface area (Å²) in [7, 11) is -3.91. The second-order valence-electron chi connectivity index (χ2n) is 18.3. The van der Waals surface area contributed by atoms with Crippen molar-refractivity contribution in [3.63, 3.8) is 0 Å². The molecule has 0 aromatic rings. The highest BCUT2D eigenvalue weighted by molar-refractivity contribution is 6.74. The predicted octanol–water partition coefficient (Wildman–Crippen LogP) is 11.4. The summed E-state index contributed by atoms with van der Waals surface area (Å²) < 4.78 is 14.1. The topological polar surface area (TPSA) is 35.5 Å². The van der Waals surface area contributed by atoms with Gasteiger partial charge in [0.2, 0.25) is 0 Å². The largest absolute Gasteiger partial charge is 0.413 e. The van der Waals surface area contributed by atoms with Gasteiger partial charge in [-0.2, -0.15) is 0 Å². The van der Waals surface area contributed by atoms with Crippen LogP contribution in [0.15, 0.2) is 47.6 Å². The van der Waals surface area contributed by atoms with Crippen molar-refractivity contribution in [3.05, 3.63) is 47.6 Å². The fourth-order valence-corrected chi connectivity index (χ4v) is 10.5. The van der Waals surface area contributed by atoms with Crippen LogP contribution < -0.4 is 0 Å². The molecule has 0 bridgehead atoms. The van der Waals surface area contributed by atoms with Crippen LogP contribution in [-0.2, 0) is 13.6 Å². The number of hydrogen-bond donors (Lipinski definition) is 0. The van der Waals surface area contributed by atoms with Gasteiger partial charge in [0.15, 0.2) is 22.4 Å². The highest BCUT2D eigenvalue weighted by Gasteiger charge is 2.50. The van der Waals surface area contributed by atoms with Gasteiger partial charge < -0.3 is 8.85 Å². The Labute approximate surface area is 273 Å². The normalized spacial score (nSPS) is 33.3. The van der Waals surface area contributed by atoms with E-state index in [1.54, 1.807) is 5.57 Å². The number of rotatable bonds is 9. The van der Waals surface area contributed by atoms with Gasteiger partial charge in [0, 0.05) is 12.3 Å². The van der Waals surface area contributed by atoms with Crippen molar-refractivity contribution in [2.24, 2.45) is 29.1 Å². The van der Waals surface area contributed by atoms with Crippen molar-refractivity contribution in [2.45, 2.75) is 162 Å². The van der Waals surface area contributed by atoms with Crippen molar-refractivity contribution < 1.29 is 13.6 Å². The quantitative estimate of drug-likeness (QED) is 0.186. The van der Waals surface area contributed by atoms with Crippen molar-refractivity contribution in [1.29, 1.82) is 0 Å². The molecule has 248 valence electrons. The van der Waals surface area contributed by atoms with Crippen molar-refractivity contribution in [2.75, 3.05) is 0 Å². The molecule has 4 aliphatic rings. The molecule has 0 saturated heterocycles. The number of hydrogen-bond acceptors (Lipinski definition) is 3. The van der Waals surface area contributed by atoms with Gasteiger partial charge in [-0.05, 0) is 128 Å². The first kappa shape index (κ1) is 35.8. The van der Waals surface area contributed by atoms with E-state index in [0.29, 0.717) is 34.9 Å². The molecular formula is C39H66O3Si2. The Bertz CT molecular complexity index is 1170. The maximum absolute atomic E-state index is 12.4. The highest BCUT2D eigenvalue weighted by Crippen LogP contribution is 2.59. The molecule has 0 radical (unpaired) electrons. The van der Waals surface area contributed by atoms with Gasteiger partial charge in [-0.3, -0.25) is 4.79 Å². The first-order chi connectivity index (χ1) is 20.2. The monoisotopic (exact) mass is 638 g/mol. The van der Waals surface area contributed by atoms with Gasteiger partial charge in [-0.15, -0.1) is 0 Å². The predicted molar refractivity (Wildman–Crippen MR) is 193 cm³/mol. The number of carbonyl (C=O) groups is 1. The van der Waals surface area contributed by atoms with Crippen LogP contribution in [0.25, 0.3) is 0 Å². The Hall–Kier alpha value is -1.02. The summed E-state index contributed by atoms with van der Waals surface area (Å²) in [6, 6.07) is 0. The molecule has 3 nitrogen and oxygen atoms in total. The standard InChI is InChI=1S/C39H66O3Si2/c1-27(16-23-35(40)30-18-19-30)33-21-22-34-29(15-14-24-39(33,34)9)17-20-31-25-32(41-43(10,11)37(3,4)5)26-36(28(31)2)42-44(12,13)38(6,7)8/h16-17,20,23,27,30,32-34,36H,2,14-15,18-19,21-22,24-26H2,1,3-13H3/b23-16+,29-17+,31-20?/t27-,32-,33-,34+,36+,39-/m1/s1. The van der Waals surface area contributed by atoms with E-state index in [-0.39, 0.29) is 22.3 Å². The van der Waals surface area contributed by atoms with Gasteiger partial charge in [0.05, 0.1) is 12.2 Å². The van der Waals surface area contributed by atoms with Crippen LogP contribution in [0.3, 0.4) is 0 Å². The Morgan fingerprint density at radius 1 is 0.955 bits per heavy atom. The van der Waals surface area contributed by atoms with E-state index < -0.39 is 16.6 Å². The summed E-state index contributed by atoms with van der Waals surface area (Å²) in [5.74, 6) is 2.39. The Morgan fingerprint density at radius 3 is 2.16 bits per heavy atom. The van der Waals surface area contributed by atoms with Crippen molar-refractivity contribution in [3.8, 4) is 0 Å². The van der Waals surface area contributed by atoms with Gasteiger partial charge in [-0.1, -0.05) is 85.8 Å². The van der Waals surface area contributed by atoms with Crippen molar-refractivity contribution >= 4 is 22.4 Å². The lowest BCUT2D eigenvalue weighted by atomic mass is 9.61. The molecule has 44 heavy (non-hydrogen) atoms. The first-order valence-electron chi connectivity index (χ1n) is 17.8. The lowest BCUT2D eigenvalue weighted by molar-refractivity contribution is -0.115. The van der Waals surface area contributed by atoms with E-state index in [9.17, 15) is 4.79 Å². The van der Waals surface area contributed by atoms with Crippen molar-refractivity contribution in [1.82, 2.24) is 0 Å². The third kappa shape index (κ3) is 7.74. The smallest absolute Gasteiger partial charge is 0.192 e. The fourth-order valence-electron chi connectivity index (χ4n) is 7.79. The Kier molecular flexibility index (Phi) is 10.5. The van der Waals surface area contributed by atoms with Crippen LogP contribution in [0.1, 0.15) is 113 Å². The van der Waals surface area contributed by atoms with Gasteiger partial charge >= 0.3 is 0 Å². The molecule has 0 heterocycles. The molecule has 0 aliphatic heterocycles. The zero-order chi connectivity index (χ0) is 32.9. The molecule has 0 aromatic carbocycles. The first-order valence-corrected chi connectivity index (χ1v) is 23.6. The van der Waals surface area contributed by atoms with E-state index in [2.05, 4.69) is 106 Å². The van der Waals surface area contributed by atoms with E-state index in [4.69, 9.17) is 8.85 Å². The summed E-state index contributed by atoms with van der Waals surface area (Å²) in [4.78, 5) is 12.4. The van der Waals surface area contributed by atoms with Gasteiger partial charge in [0.1, 0.15) is 0 Å². The molecule has 4 saturated carbocycles. The minimum atomic E-state index is -1.98. The lowest BCUT2D eigenvalue weighted by Crippen LogP contribution is -2.49. The molecule has 4 aliphatic carbocycles. The van der Waals surface area contributed by atoms with Gasteiger partial charge in [-0.25, -0.2) is 0 Å². The molecule has 0 unspecified atom stereocenters. The zero-order valence-electron chi connectivity index (χ0n) is 30.6. The summed E-state index contributed by atoms with van der Waals surface area (Å²) >= 11 is 0. The summed E-state index contributed by atoms with van der Waals surface area (Å²) in [6.45, 7) is 33.0. The van der Waals surface area contributed by atoms with Crippen LogP contribution in [0.2, 0.25) is 36.3 Å². The summed E-state index contributed by atoms with van der Waals surface area (Å²) in [5, 5.41) is 0.321. The maximum Gasteiger partial charge on any atom is 0.192 e. The van der Waals surface area contributed by atoms with Gasteiger partial charge in [0.25, 0.3) is 0 Å². The third-order valence-corrected chi connectivity index (χ3v) is 22.0. The molecule has 0 spiro atoms. The SMILES string of the molecule is C=C1C(=C/C=C2\CCC[C@]3(C)[C@@H]([C@H](C)/C=C/C(=O)C4CC4)CC[C@@H]23)C[C@@H](O[Si](C)(C)C(C)(C)C)C[C@@H]1O[Si](C)(C)C(C)(C)C. The molecule has 6 atom stereocenters. The van der Waals surface area contributed by atoms with Crippen LogP contribution in [-0.4, -0.2) is 34.6 Å². The maximum atomic E-state index is 12.4. The van der Waals surface area contributed by atoms with E-state index in [1.165, 1.54) is 43.3 Å². The second-order valence-corrected chi connectivity index (χ2v) is 27.8. The highest BCUT2D eigenvalue weighted by atomic mass is 28.4. The average molecular weight is 639 g/mol. The number of carbonyl (C=O) groups excluding carboxylic acids is 1. The molecule has 5 heteroatoms. The third-order valence-electron chi connectivity index (χ3n) is 13.0. The summed E-state index contributed by atoms with van der Waals surface area (Å²) in [5.41, 5.74) is 4.43. The number of ketones is 1. The number of allylic oxidation sites excluding steroid dienone is 5. The second kappa shape index (κ2) is 12.9. The van der Waals surface area contributed by atoms with Crippen LogP contribution in [0.4, 0.5) is 0 Å². The fraction of sp³-hybridized carbons (Fsp3) is 0.769. The molecular weight excluding hydrogens is 573 g/mol. The molecule has 0 amide bonds. The molecule has 0 N–H and O–H groups in total. The average Bonchev–Trinajstić information content (AvgIpc) is 3.68. The van der Waals surface area contributed by atoms with E-state index in [1.807, 2.05) is 6.08 Å². The van der Waals surface area contributed by atoms with Crippen LogP contribution in [0, 0.1) is 29.1 Å². The summed E-state index contributed by atoms with van der Waals surface area (Å²) in [6.07, 6.45) is 19.5. The molecule has 0 aromatic heterocycles. The molecule has 4 fully saturated rings. The lowest BCUT2D eigenvalue weighted by Gasteiger charge is -2.45. The van der Waals surface area contributed by atoms with E-state index >= 15 is 0 Å². The Balaban J connectivity index is 1.58. The minimum absolute atomic E-state index is 0.0162. The molecule has 4 rings (SSSR count). The zero-order valence-corrected chi connectivity index (χ0v) is 32.6. The van der Waals surface area contributed by atoms with Crippen LogP contribution in [0.5, 0.6) is 0 Å². The van der Waals surface area contributed by atoms with E-state index in [0.717, 1.165) is 25.7 Å². The van der Waals surface area contributed by atoms with Crippen LogP contribution >= 0.6 is 0 Å². The Morgan fingerprint density at radius 2 is 1.57 bits per heavy atom. The minimum Gasteiger partial charge on any atom is -0.413 e. The number of fused-ring (bicyclic) bond motifs is 1.